The smallest absolute Gasteiger partial charge is 0.238 e. The van der Waals surface area contributed by atoms with Crippen LogP contribution < -0.4 is 15.2 Å². The van der Waals surface area contributed by atoms with Gasteiger partial charge >= 0.3 is 0 Å². The van der Waals surface area contributed by atoms with E-state index < -0.39 is 10.0 Å². The standard InChI is InChI=1S/C19H20N2O5S/c1-25-15-4-7-18-17(11-15)14(12-26-18)10-19(22)21-9-8-13-2-5-16(6-3-13)27(20,23)24/h2-7,11-12H,8-10H2,1H3,(H,21,22)(H2,20,23,24). The van der Waals surface area contributed by atoms with Crippen molar-refractivity contribution >= 4 is 26.9 Å². The van der Waals surface area contributed by atoms with Gasteiger partial charge in [-0.05, 0) is 42.3 Å². The Morgan fingerprint density at radius 3 is 2.59 bits per heavy atom. The second kappa shape index (κ2) is 7.81. The summed E-state index contributed by atoms with van der Waals surface area (Å²) >= 11 is 0. The lowest BCUT2D eigenvalue weighted by Gasteiger charge is -2.06. The Labute approximate surface area is 157 Å². The Morgan fingerprint density at radius 1 is 1.19 bits per heavy atom. The van der Waals surface area contributed by atoms with Gasteiger partial charge in [0.2, 0.25) is 15.9 Å². The molecule has 0 saturated carbocycles. The van der Waals surface area contributed by atoms with Gasteiger partial charge in [-0.2, -0.15) is 0 Å². The normalized spacial score (nSPS) is 11.5. The van der Waals surface area contributed by atoms with E-state index in [-0.39, 0.29) is 17.2 Å². The van der Waals surface area contributed by atoms with Crippen LogP contribution in [0.2, 0.25) is 0 Å². The van der Waals surface area contributed by atoms with Crippen molar-refractivity contribution in [2.45, 2.75) is 17.7 Å². The van der Waals surface area contributed by atoms with E-state index in [0.29, 0.717) is 24.3 Å². The first kappa shape index (κ1) is 18.9. The summed E-state index contributed by atoms with van der Waals surface area (Å²) in [6, 6.07) is 11.7. The fraction of sp³-hybridized carbons (Fsp3) is 0.211. The van der Waals surface area contributed by atoms with E-state index in [9.17, 15) is 13.2 Å². The number of hydrogen-bond donors (Lipinski definition) is 2. The lowest BCUT2D eigenvalue weighted by atomic mass is 10.1. The van der Waals surface area contributed by atoms with Crippen molar-refractivity contribution < 1.29 is 22.4 Å². The molecule has 0 unspecified atom stereocenters. The number of carbonyl (C=O) groups is 1. The van der Waals surface area contributed by atoms with E-state index >= 15 is 0 Å². The number of methoxy groups -OCH3 is 1. The maximum Gasteiger partial charge on any atom is 0.238 e. The molecular weight excluding hydrogens is 368 g/mol. The molecule has 1 aromatic heterocycles. The highest BCUT2D eigenvalue weighted by Crippen LogP contribution is 2.26. The molecule has 0 bridgehead atoms. The molecule has 8 heteroatoms. The van der Waals surface area contributed by atoms with E-state index in [1.807, 2.05) is 6.07 Å². The number of benzene rings is 2. The number of nitrogens with two attached hydrogens (primary N) is 1. The molecule has 0 fully saturated rings. The van der Waals surface area contributed by atoms with Crippen molar-refractivity contribution in [1.29, 1.82) is 0 Å². The Hall–Kier alpha value is -2.84. The summed E-state index contributed by atoms with van der Waals surface area (Å²) in [5.41, 5.74) is 2.40. The molecule has 27 heavy (non-hydrogen) atoms. The summed E-state index contributed by atoms with van der Waals surface area (Å²) in [5, 5.41) is 8.77. The number of carbonyl (C=O) groups excluding carboxylic acids is 1. The van der Waals surface area contributed by atoms with Crippen LogP contribution in [0.4, 0.5) is 0 Å². The molecule has 0 atom stereocenters. The first-order chi connectivity index (χ1) is 12.9. The number of rotatable bonds is 7. The number of amides is 1. The quantitative estimate of drug-likeness (QED) is 0.643. The maximum atomic E-state index is 12.2. The van der Waals surface area contributed by atoms with Crippen LogP contribution in [0, 0.1) is 0 Å². The third-order valence-corrected chi connectivity index (χ3v) is 5.13. The Kier molecular flexibility index (Phi) is 5.48. The number of sulfonamides is 1. The van der Waals surface area contributed by atoms with Crippen LogP contribution in [0.15, 0.2) is 58.0 Å². The molecule has 7 nitrogen and oxygen atoms in total. The van der Waals surface area contributed by atoms with E-state index in [0.717, 1.165) is 16.5 Å². The zero-order valence-electron chi connectivity index (χ0n) is 14.8. The predicted octanol–water partition coefficient (Wildman–Crippen LogP) is 1.99. The Morgan fingerprint density at radius 2 is 1.93 bits per heavy atom. The van der Waals surface area contributed by atoms with Gasteiger partial charge < -0.3 is 14.5 Å². The van der Waals surface area contributed by atoms with Crippen molar-refractivity contribution in [3.63, 3.8) is 0 Å². The Balaban J connectivity index is 1.56. The number of nitrogens with one attached hydrogen (secondary N) is 1. The van der Waals surface area contributed by atoms with Crippen molar-refractivity contribution in [3.8, 4) is 5.75 Å². The molecule has 0 aliphatic rings. The topological polar surface area (TPSA) is 112 Å². The molecule has 0 radical (unpaired) electrons. The molecule has 3 aromatic rings. The summed E-state index contributed by atoms with van der Waals surface area (Å²) in [7, 11) is -2.11. The number of fused-ring (bicyclic) bond motifs is 1. The van der Waals surface area contributed by atoms with E-state index in [4.69, 9.17) is 14.3 Å². The highest BCUT2D eigenvalue weighted by molar-refractivity contribution is 7.89. The third-order valence-electron chi connectivity index (χ3n) is 4.20. The Bertz CT molecular complexity index is 1060. The molecule has 142 valence electrons. The molecular formula is C19H20N2O5S. The molecule has 0 spiro atoms. The summed E-state index contributed by atoms with van der Waals surface area (Å²) < 4.78 is 33.1. The lowest BCUT2D eigenvalue weighted by Crippen LogP contribution is -2.27. The molecule has 0 aliphatic carbocycles. The summed E-state index contributed by atoms with van der Waals surface area (Å²) in [6.45, 7) is 0.437. The minimum Gasteiger partial charge on any atom is -0.497 e. The lowest BCUT2D eigenvalue weighted by molar-refractivity contribution is -0.120. The number of primary sulfonamides is 1. The van der Waals surface area contributed by atoms with Gasteiger partial charge in [0.1, 0.15) is 11.3 Å². The van der Waals surface area contributed by atoms with Gasteiger partial charge in [-0.1, -0.05) is 12.1 Å². The summed E-state index contributed by atoms with van der Waals surface area (Å²) in [6.07, 6.45) is 2.36. The van der Waals surface area contributed by atoms with Crippen LogP contribution in [0.25, 0.3) is 11.0 Å². The average Bonchev–Trinajstić information content (AvgIpc) is 3.03. The molecule has 3 rings (SSSR count). The van der Waals surface area contributed by atoms with Gasteiger partial charge in [-0.25, -0.2) is 13.6 Å². The fourth-order valence-corrected chi connectivity index (χ4v) is 3.27. The van der Waals surface area contributed by atoms with Crippen molar-refractivity contribution in [1.82, 2.24) is 5.32 Å². The van der Waals surface area contributed by atoms with Crippen molar-refractivity contribution in [2.75, 3.05) is 13.7 Å². The van der Waals surface area contributed by atoms with E-state index in [1.54, 1.807) is 37.6 Å². The minimum atomic E-state index is -3.69. The van der Waals surface area contributed by atoms with Crippen LogP contribution in [-0.4, -0.2) is 28.0 Å². The monoisotopic (exact) mass is 388 g/mol. The van der Waals surface area contributed by atoms with Crippen LogP contribution in [0.5, 0.6) is 5.75 Å². The highest BCUT2D eigenvalue weighted by Gasteiger charge is 2.11. The first-order valence-corrected chi connectivity index (χ1v) is 9.84. The van der Waals surface area contributed by atoms with Crippen LogP contribution >= 0.6 is 0 Å². The van der Waals surface area contributed by atoms with Crippen LogP contribution in [0.3, 0.4) is 0 Å². The zero-order valence-corrected chi connectivity index (χ0v) is 15.6. The molecule has 0 saturated heterocycles. The average molecular weight is 388 g/mol. The maximum absolute atomic E-state index is 12.2. The van der Waals surface area contributed by atoms with Gasteiger partial charge in [0.05, 0.1) is 24.7 Å². The number of furan rings is 1. The molecule has 0 aliphatic heterocycles. The van der Waals surface area contributed by atoms with Gasteiger partial charge in [-0.15, -0.1) is 0 Å². The number of ether oxygens (including phenoxy) is 1. The second-order valence-corrected chi connectivity index (χ2v) is 7.65. The first-order valence-electron chi connectivity index (χ1n) is 8.29. The minimum absolute atomic E-state index is 0.0672. The fourth-order valence-electron chi connectivity index (χ4n) is 2.75. The molecule has 1 heterocycles. The largest absolute Gasteiger partial charge is 0.497 e. The van der Waals surface area contributed by atoms with E-state index in [2.05, 4.69) is 5.32 Å². The van der Waals surface area contributed by atoms with Crippen LogP contribution in [-0.2, 0) is 27.7 Å². The number of hydrogen-bond acceptors (Lipinski definition) is 5. The zero-order chi connectivity index (χ0) is 19.4. The summed E-state index contributed by atoms with van der Waals surface area (Å²) in [5.74, 6) is 0.579. The van der Waals surface area contributed by atoms with Crippen molar-refractivity contribution in [2.24, 2.45) is 5.14 Å². The molecule has 1 amide bonds. The third kappa shape index (κ3) is 4.66. The van der Waals surface area contributed by atoms with Gasteiger partial charge in [0.15, 0.2) is 0 Å². The van der Waals surface area contributed by atoms with Gasteiger partial charge in [-0.3, -0.25) is 4.79 Å². The highest BCUT2D eigenvalue weighted by atomic mass is 32.2. The molecule has 2 aromatic carbocycles. The summed E-state index contributed by atoms with van der Waals surface area (Å²) in [4.78, 5) is 12.3. The van der Waals surface area contributed by atoms with Crippen LogP contribution in [0.1, 0.15) is 11.1 Å². The predicted molar refractivity (Wildman–Crippen MR) is 101 cm³/mol. The second-order valence-electron chi connectivity index (χ2n) is 6.09. The van der Waals surface area contributed by atoms with E-state index in [1.165, 1.54) is 12.1 Å². The SMILES string of the molecule is COc1ccc2occ(CC(=O)NCCc3ccc(S(N)(=O)=O)cc3)c2c1. The molecule has 3 N–H and O–H groups in total. The van der Waals surface area contributed by atoms with Crippen molar-refractivity contribution in [3.05, 3.63) is 59.9 Å². The van der Waals surface area contributed by atoms with Gasteiger partial charge in [0.25, 0.3) is 0 Å². The van der Waals surface area contributed by atoms with Gasteiger partial charge in [0, 0.05) is 17.5 Å².